The molecule has 126 valence electrons. The fourth-order valence-corrected chi connectivity index (χ4v) is 3.66. The molecule has 0 saturated carbocycles. The van der Waals surface area contributed by atoms with E-state index in [2.05, 4.69) is 26.8 Å². The third-order valence-electron chi connectivity index (χ3n) is 4.26. The average molecular weight is 344 g/mol. The topological polar surface area (TPSA) is 76.2 Å². The van der Waals surface area contributed by atoms with Gasteiger partial charge in [-0.1, -0.05) is 0 Å². The Hall–Kier alpha value is -2.19. The molecule has 0 unspecified atom stereocenters. The molecule has 1 amide bonds. The third kappa shape index (κ3) is 3.07. The van der Waals surface area contributed by atoms with Crippen LogP contribution in [-0.4, -0.2) is 31.6 Å². The van der Waals surface area contributed by atoms with Crippen LogP contribution in [0, 0.1) is 0 Å². The molecule has 0 bridgehead atoms. The van der Waals surface area contributed by atoms with Gasteiger partial charge < -0.3 is 10.6 Å². The number of carbonyl (C=O) groups excluding carboxylic acids is 1. The van der Waals surface area contributed by atoms with Crippen LogP contribution in [0.2, 0.25) is 0 Å². The largest absolute Gasteiger partial charge is 0.348 e. The second kappa shape index (κ2) is 6.37. The van der Waals surface area contributed by atoms with Crippen LogP contribution in [0.1, 0.15) is 36.5 Å². The second-order valence-electron chi connectivity index (χ2n) is 6.07. The summed E-state index contributed by atoms with van der Waals surface area (Å²) in [6.07, 6.45) is 5.04. The normalized spacial score (nSPS) is 15.4. The highest BCUT2D eigenvalue weighted by Crippen LogP contribution is 2.17. The summed E-state index contributed by atoms with van der Waals surface area (Å²) < 4.78 is 4.01. The highest BCUT2D eigenvalue weighted by atomic mass is 32.1. The van der Waals surface area contributed by atoms with E-state index < -0.39 is 0 Å². The number of fused-ring (bicyclic) bond motifs is 2. The number of hydrogen-bond donors (Lipinski definition) is 2. The van der Waals surface area contributed by atoms with Gasteiger partial charge in [-0.2, -0.15) is 5.10 Å². The van der Waals surface area contributed by atoms with Gasteiger partial charge in [0.25, 0.3) is 0 Å². The molecule has 3 aromatic heterocycles. The first kappa shape index (κ1) is 15.3. The van der Waals surface area contributed by atoms with Crippen LogP contribution >= 0.6 is 11.3 Å². The van der Waals surface area contributed by atoms with Gasteiger partial charge in [-0.05, 0) is 13.0 Å². The molecule has 1 aliphatic rings. The van der Waals surface area contributed by atoms with E-state index in [4.69, 9.17) is 0 Å². The molecule has 0 aromatic carbocycles. The van der Waals surface area contributed by atoms with Crippen molar-refractivity contribution in [2.75, 3.05) is 6.54 Å². The lowest BCUT2D eigenvalue weighted by atomic mass is 10.2. The van der Waals surface area contributed by atoms with Gasteiger partial charge in [0.15, 0.2) is 4.96 Å². The van der Waals surface area contributed by atoms with Crippen molar-refractivity contribution < 1.29 is 4.79 Å². The van der Waals surface area contributed by atoms with Gasteiger partial charge in [-0.25, -0.2) is 4.98 Å². The zero-order chi connectivity index (χ0) is 16.5. The molecular formula is C16H20N6OS. The first-order chi connectivity index (χ1) is 11.7. The molecule has 0 fully saturated rings. The number of thiazole rings is 1. The van der Waals surface area contributed by atoms with Crippen LogP contribution in [0.4, 0.5) is 0 Å². The maximum atomic E-state index is 12.2. The van der Waals surface area contributed by atoms with Crippen molar-refractivity contribution in [1.29, 1.82) is 0 Å². The summed E-state index contributed by atoms with van der Waals surface area (Å²) in [4.78, 5) is 17.7. The van der Waals surface area contributed by atoms with E-state index in [0.717, 1.165) is 36.0 Å². The molecule has 24 heavy (non-hydrogen) atoms. The van der Waals surface area contributed by atoms with Gasteiger partial charge >= 0.3 is 0 Å². The molecule has 0 radical (unpaired) electrons. The summed E-state index contributed by atoms with van der Waals surface area (Å²) in [7, 11) is 0. The molecule has 3 aromatic rings. The van der Waals surface area contributed by atoms with Crippen LogP contribution < -0.4 is 10.6 Å². The molecule has 1 atom stereocenters. The van der Waals surface area contributed by atoms with E-state index >= 15 is 0 Å². The lowest BCUT2D eigenvalue weighted by Crippen LogP contribution is -2.28. The minimum Gasteiger partial charge on any atom is -0.348 e. The summed E-state index contributed by atoms with van der Waals surface area (Å²) in [5.41, 5.74) is 3.07. The summed E-state index contributed by atoms with van der Waals surface area (Å²) in [5.74, 6) is 0.0305. The quantitative estimate of drug-likeness (QED) is 0.735. The van der Waals surface area contributed by atoms with E-state index in [1.54, 1.807) is 11.3 Å². The zero-order valence-corrected chi connectivity index (χ0v) is 14.3. The fourth-order valence-electron chi connectivity index (χ4n) is 2.96. The summed E-state index contributed by atoms with van der Waals surface area (Å²) >= 11 is 1.59. The van der Waals surface area contributed by atoms with Gasteiger partial charge in [0.2, 0.25) is 5.91 Å². The molecular weight excluding hydrogens is 324 g/mol. The van der Waals surface area contributed by atoms with Crippen molar-refractivity contribution in [2.45, 2.75) is 38.9 Å². The number of aromatic nitrogens is 4. The number of nitrogens with one attached hydrogen (secondary N) is 2. The van der Waals surface area contributed by atoms with Crippen LogP contribution in [0.3, 0.4) is 0 Å². The molecule has 2 N–H and O–H groups in total. The van der Waals surface area contributed by atoms with Crippen LogP contribution in [0.25, 0.3) is 4.96 Å². The van der Waals surface area contributed by atoms with Crippen molar-refractivity contribution in [3.63, 3.8) is 0 Å². The Balaban J connectivity index is 1.32. The molecule has 0 aliphatic carbocycles. The van der Waals surface area contributed by atoms with Gasteiger partial charge in [-0.15, -0.1) is 11.3 Å². The molecule has 0 spiro atoms. The van der Waals surface area contributed by atoms with Crippen LogP contribution in [0.5, 0.6) is 0 Å². The fraction of sp³-hybridized carbons (Fsp3) is 0.438. The lowest BCUT2D eigenvalue weighted by molar-refractivity contribution is -0.121. The number of aryl methyl sites for hydroxylation is 1. The third-order valence-corrected chi connectivity index (χ3v) is 5.03. The number of carbonyl (C=O) groups is 1. The Morgan fingerprint density at radius 1 is 1.54 bits per heavy atom. The number of hydrogen-bond acceptors (Lipinski definition) is 5. The number of rotatable bonds is 5. The van der Waals surface area contributed by atoms with E-state index in [1.165, 1.54) is 5.69 Å². The van der Waals surface area contributed by atoms with E-state index in [1.807, 2.05) is 33.8 Å². The van der Waals surface area contributed by atoms with Gasteiger partial charge in [-0.3, -0.25) is 13.9 Å². The standard InChI is InChI=1S/C16H20N6OS/c1-11(14-10-21-6-7-24-16(21)19-14)18-15(23)3-2-12-8-13-9-17-4-5-22(13)20-12/h6-8,10-11,17H,2-5,9H2,1H3,(H,18,23)/t11-/m0/s1. The van der Waals surface area contributed by atoms with Crippen molar-refractivity contribution >= 4 is 22.2 Å². The van der Waals surface area contributed by atoms with Gasteiger partial charge in [0, 0.05) is 43.7 Å². The van der Waals surface area contributed by atoms with E-state index in [0.29, 0.717) is 12.8 Å². The summed E-state index contributed by atoms with van der Waals surface area (Å²) in [5, 5.41) is 12.9. The van der Waals surface area contributed by atoms with Crippen molar-refractivity contribution in [1.82, 2.24) is 29.8 Å². The Morgan fingerprint density at radius 3 is 3.29 bits per heavy atom. The summed E-state index contributed by atoms with van der Waals surface area (Å²) in [6.45, 7) is 4.67. The van der Waals surface area contributed by atoms with Gasteiger partial charge in [0.05, 0.1) is 29.7 Å². The Labute approximate surface area is 143 Å². The van der Waals surface area contributed by atoms with Crippen LogP contribution in [0.15, 0.2) is 23.8 Å². The highest BCUT2D eigenvalue weighted by Gasteiger charge is 2.15. The first-order valence-electron chi connectivity index (χ1n) is 8.17. The van der Waals surface area contributed by atoms with E-state index in [9.17, 15) is 4.79 Å². The molecule has 1 aliphatic heterocycles. The highest BCUT2D eigenvalue weighted by molar-refractivity contribution is 7.15. The number of nitrogens with zero attached hydrogens (tertiary/aromatic N) is 4. The van der Waals surface area contributed by atoms with Gasteiger partial charge in [0.1, 0.15) is 0 Å². The number of amides is 1. The number of imidazole rings is 1. The Morgan fingerprint density at radius 2 is 2.46 bits per heavy atom. The smallest absolute Gasteiger partial charge is 0.220 e. The molecule has 4 rings (SSSR count). The predicted molar refractivity (Wildman–Crippen MR) is 91.9 cm³/mol. The molecule has 8 heteroatoms. The zero-order valence-electron chi connectivity index (χ0n) is 13.5. The molecule has 4 heterocycles. The lowest BCUT2D eigenvalue weighted by Gasteiger charge is -2.13. The van der Waals surface area contributed by atoms with E-state index in [-0.39, 0.29) is 11.9 Å². The maximum Gasteiger partial charge on any atom is 0.220 e. The first-order valence-corrected chi connectivity index (χ1v) is 9.05. The second-order valence-corrected chi connectivity index (χ2v) is 6.95. The van der Waals surface area contributed by atoms with Crippen molar-refractivity contribution in [3.8, 4) is 0 Å². The van der Waals surface area contributed by atoms with Crippen molar-refractivity contribution in [2.24, 2.45) is 0 Å². The minimum atomic E-state index is -0.0935. The predicted octanol–water partition coefficient (Wildman–Crippen LogP) is 1.51. The molecule has 0 saturated heterocycles. The summed E-state index contributed by atoms with van der Waals surface area (Å²) in [6, 6.07) is 2.00. The Bertz CT molecular complexity index is 811. The molecule has 7 nitrogen and oxygen atoms in total. The Kier molecular flexibility index (Phi) is 4.07. The van der Waals surface area contributed by atoms with Crippen molar-refractivity contribution in [3.05, 3.63) is 40.9 Å². The SMILES string of the molecule is C[C@H](NC(=O)CCc1cc2n(n1)CCNC2)c1cn2ccsc2n1. The minimum absolute atomic E-state index is 0.0305. The van der Waals surface area contributed by atoms with Crippen LogP contribution in [-0.2, 0) is 24.3 Å². The maximum absolute atomic E-state index is 12.2. The average Bonchev–Trinajstić information content (AvgIpc) is 3.26. The monoisotopic (exact) mass is 344 g/mol.